The first-order valence-corrected chi connectivity index (χ1v) is 6.81. The number of likely N-dealkylation sites (tertiary alicyclic amines) is 1. The number of hydrogen-bond acceptors (Lipinski definition) is 4. The molecule has 1 fully saturated rings. The molecule has 0 aromatic carbocycles. The summed E-state index contributed by atoms with van der Waals surface area (Å²) < 4.78 is 5.22. The smallest absolute Gasteiger partial charge is 0.417 e. The van der Waals surface area contributed by atoms with Crippen LogP contribution in [-0.2, 0) is 9.53 Å². The van der Waals surface area contributed by atoms with E-state index >= 15 is 0 Å². The molecule has 0 spiro atoms. The maximum atomic E-state index is 12.3. The number of amides is 2. The van der Waals surface area contributed by atoms with E-state index in [1.807, 2.05) is 0 Å². The molecule has 1 aliphatic heterocycles. The van der Waals surface area contributed by atoms with Crippen LogP contribution in [0.25, 0.3) is 0 Å². The molecule has 0 N–H and O–H groups in total. The number of halogens is 1. The summed E-state index contributed by atoms with van der Waals surface area (Å²) in [7, 11) is 0. The quantitative estimate of drug-likeness (QED) is 0.748. The number of carbonyl (C=O) groups is 2. The van der Waals surface area contributed by atoms with Crippen LogP contribution in [0.15, 0.2) is 18.3 Å². The Labute approximate surface area is 122 Å². The van der Waals surface area contributed by atoms with E-state index < -0.39 is 11.7 Å². The molecular weight excluding hydrogens is 280 g/mol. The van der Waals surface area contributed by atoms with Gasteiger partial charge >= 0.3 is 6.09 Å². The zero-order chi connectivity index (χ0) is 14.9. The van der Waals surface area contributed by atoms with Gasteiger partial charge in [-0.1, -0.05) is 17.7 Å². The van der Waals surface area contributed by atoms with Gasteiger partial charge in [0.15, 0.2) is 0 Å². The standard InChI is InChI=1S/C14H17ClN2O3/c1-14(2,3)20-13(19)17-7-6-10(12(17)18)9-4-5-11(15)16-8-9/h4-5,8,10H,6-7H2,1-3H3. The molecule has 6 heteroatoms. The third-order valence-electron chi connectivity index (χ3n) is 2.97. The van der Waals surface area contributed by atoms with E-state index in [1.54, 1.807) is 39.1 Å². The van der Waals surface area contributed by atoms with Crippen molar-refractivity contribution in [3.05, 3.63) is 29.0 Å². The van der Waals surface area contributed by atoms with Crippen LogP contribution in [0, 0.1) is 0 Å². The van der Waals surface area contributed by atoms with Crippen LogP contribution in [0.3, 0.4) is 0 Å². The molecule has 2 amide bonds. The maximum Gasteiger partial charge on any atom is 0.417 e. The van der Waals surface area contributed by atoms with Gasteiger partial charge in [0.25, 0.3) is 0 Å². The minimum absolute atomic E-state index is 0.247. The van der Waals surface area contributed by atoms with Crippen molar-refractivity contribution in [2.75, 3.05) is 6.54 Å². The Morgan fingerprint density at radius 3 is 2.70 bits per heavy atom. The molecule has 2 rings (SSSR count). The Morgan fingerprint density at radius 1 is 1.45 bits per heavy atom. The molecule has 5 nitrogen and oxygen atoms in total. The van der Waals surface area contributed by atoms with E-state index in [0.717, 1.165) is 10.5 Å². The number of pyridine rings is 1. The van der Waals surface area contributed by atoms with Gasteiger partial charge in [-0.05, 0) is 38.8 Å². The second kappa shape index (κ2) is 5.40. The zero-order valence-electron chi connectivity index (χ0n) is 11.7. The summed E-state index contributed by atoms with van der Waals surface area (Å²) in [5.41, 5.74) is 0.155. The predicted octanol–water partition coefficient (Wildman–Crippen LogP) is 2.99. The largest absolute Gasteiger partial charge is 0.443 e. The van der Waals surface area contributed by atoms with Crippen molar-refractivity contribution in [3.8, 4) is 0 Å². The van der Waals surface area contributed by atoms with Crippen molar-refractivity contribution in [1.29, 1.82) is 0 Å². The van der Waals surface area contributed by atoms with Crippen LogP contribution >= 0.6 is 11.6 Å². The Morgan fingerprint density at radius 2 is 2.15 bits per heavy atom. The summed E-state index contributed by atoms with van der Waals surface area (Å²) in [6.45, 7) is 5.67. The summed E-state index contributed by atoms with van der Waals surface area (Å²) in [5.74, 6) is -0.601. The number of carbonyl (C=O) groups excluding carboxylic acids is 2. The van der Waals surface area contributed by atoms with Crippen molar-refractivity contribution >= 4 is 23.6 Å². The van der Waals surface area contributed by atoms with Gasteiger partial charge in [0.1, 0.15) is 10.8 Å². The maximum absolute atomic E-state index is 12.3. The van der Waals surface area contributed by atoms with Crippen molar-refractivity contribution in [2.24, 2.45) is 0 Å². The first-order valence-electron chi connectivity index (χ1n) is 6.44. The van der Waals surface area contributed by atoms with Gasteiger partial charge in [-0.2, -0.15) is 0 Å². The highest BCUT2D eigenvalue weighted by Gasteiger charge is 2.38. The topological polar surface area (TPSA) is 59.5 Å². The van der Waals surface area contributed by atoms with Gasteiger partial charge in [0, 0.05) is 12.7 Å². The fraction of sp³-hybridized carbons (Fsp3) is 0.500. The molecule has 20 heavy (non-hydrogen) atoms. The zero-order valence-corrected chi connectivity index (χ0v) is 12.5. The van der Waals surface area contributed by atoms with Gasteiger partial charge < -0.3 is 4.74 Å². The lowest BCUT2D eigenvalue weighted by Crippen LogP contribution is -2.38. The molecular formula is C14H17ClN2O3. The fourth-order valence-electron chi connectivity index (χ4n) is 2.08. The fourth-order valence-corrected chi connectivity index (χ4v) is 2.19. The molecule has 0 radical (unpaired) electrons. The monoisotopic (exact) mass is 296 g/mol. The third-order valence-corrected chi connectivity index (χ3v) is 3.20. The number of aromatic nitrogens is 1. The summed E-state index contributed by atoms with van der Waals surface area (Å²) in [4.78, 5) is 29.4. The van der Waals surface area contributed by atoms with E-state index in [1.165, 1.54) is 0 Å². The number of ether oxygens (including phenoxy) is 1. The van der Waals surface area contributed by atoms with Crippen LogP contribution in [0.1, 0.15) is 38.7 Å². The molecule has 1 saturated heterocycles. The molecule has 2 heterocycles. The predicted molar refractivity (Wildman–Crippen MR) is 74.6 cm³/mol. The summed E-state index contributed by atoms with van der Waals surface area (Å²) >= 11 is 5.73. The van der Waals surface area contributed by atoms with Crippen LogP contribution in [0.4, 0.5) is 4.79 Å². The Kier molecular flexibility index (Phi) is 3.99. The molecule has 1 aromatic heterocycles. The lowest BCUT2D eigenvalue weighted by atomic mass is 10.00. The van der Waals surface area contributed by atoms with Crippen molar-refractivity contribution in [2.45, 2.75) is 38.7 Å². The first-order chi connectivity index (χ1) is 9.28. The lowest BCUT2D eigenvalue weighted by Gasteiger charge is -2.23. The Balaban J connectivity index is 2.09. The van der Waals surface area contributed by atoms with E-state index in [0.29, 0.717) is 18.1 Å². The highest BCUT2D eigenvalue weighted by atomic mass is 35.5. The highest BCUT2D eigenvalue weighted by Crippen LogP contribution is 2.29. The molecule has 108 valence electrons. The SMILES string of the molecule is CC(C)(C)OC(=O)N1CCC(c2ccc(Cl)nc2)C1=O. The first kappa shape index (κ1) is 14.8. The molecule has 1 unspecified atom stereocenters. The average molecular weight is 297 g/mol. The average Bonchev–Trinajstić information content (AvgIpc) is 2.70. The van der Waals surface area contributed by atoms with Crippen molar-refractivity contribution in [3.63, 3.8) is 0 Å². The van der Waals surface area contributed by atoms with Gasteiger partial charge in [0.05, 0.1) is 5.92 Å². The normalized spacial score (nSPS) is 19.3. The van der Waals surface area contributed by atoms with Crippen LogP contribution < -0.4 is 0 Å². The van der Waals surface area contributed by atoms with Crippen LogP contribution in [0.5, 0.6) is 0 Å². The van der Waals surface area contributed by atoms with Crippen LogP contribution in [-0.4, -0.2) is 34.0 Å². The number of nitrogens with zero attached hydrogens (tertiary/aromatic N) is 2. The van der Waals surface area contributed by atoms with Gasteiger partial charge in [0.2, 0.25) is 5.91 Å². The second-order valence-electron chi connectivity index (χ2n) is 5.73. The van der Waals surface area contributed by atoms with E-state index in [2.05, 4.69) is 4.98 Å². The minimum atomic E-state index is -0.614. The summed E-state index contributed by atoms with van der Waals surface area (Å²) in [5, 5.41) is 0.378. The number of rotatable bonds is 1. The van der Waals surface area contributed by atoms with Crippen molar-refractivity contribution < 1.29 is 14.3 Å². The van der Waals surface area contributed by atoms with Crippen molar-refractivity contribution in [1.82, 2.24) is 9.88 Å². The van der Waals surface area contributed by atoms with Gasteiger partial charge in [-0.3, -0.25) is 4.79 Å². The summed E-state index contributed by atoms with van der Waals surface area (Å²) in [6, 6.07) is 3.40. The highest BCUT2D eigenvalue weighted by molar-refractivity contribution is 6.29. The van der Waals surface area contributed by atoms with E-state index in [4.69, 9.17) is 16.3 Å². The lowest BCUT2D eigenvalue weighted by molar-refractivity contribution is -0.128. The Hall–Kier alpha value is -1.62. The molecule has 1 atom stereocenters. The Bertz CT molecular complexity index is 522. The minimum Gasteiger partial charge on any atom is -0.443 e. The van der Waals surface area contributed by atoms with E-state index in [9.17, 15) is 9.59 Å². The van der Waals surface area contributed by atoms with Gasteiger partial charge in [-0.15, -0.1) is 0 Å². The molecule has 1 aliphatic rings. The summed E-state index contributed by atoms with van der Waals surface area (Å²) in [6.07, 6.45) is 1.55. The molecule has 0 aliphatic carbocycles. The van der Waals surface area contributed by atoms with E-state index in [-0.39, 0.29) is 11.8 Å². The number of imide groups is 1. The second-order valence-corrected chi connectivity index (χ2v) is 6.11. The van der Waals surface area contributed by atoms with Crippen LogP contribution in [0.2, 0.25) is 5.15 Å². The van der Waals surface area contributed by atoms with Gasteiger partial charge in [-0.25, -0.2) is 14.7 Å². The third kappa shape index (κ3) is 3.28. The number of hydrogen-bond donors (Lipinski definition) is 0. The molecule has 1 aromatic rings. The molecule has 0 bridgehead atoms. The molecule has 0 saturated carbocycles.